The third-order valence-electron chi connectivity index (χ3n) is 2.97. The minimum Gasteiger partial charge on any atom is -0.507 e. The summed E-state index contributed by atoms with van der Waals surface area (Å²) in [6.07, 6.45) is 8.84. The highest BCUT2D eigenvalue weighted by Gasteiger charge is 2.10. The topological polar surface area (TPSA) is 58.6 Å². The predicted octanol–water partition coefficient (Wildman–Crippen LogP) is 4.61. The van der Waals surface area contributed by atoms with E-state index in [-0.39, 0.29) is 5.75 Å². The van der Waals surface area contributed by atoms with Crippen molar-refractivity contribution in [2.45, 2.75) is 27.2 Å². The van der Waals surface area contributed by atoms with Crippen molar-refractivity contribution in [2.24, 2.45) is 10.7 Å². The number of aromatic hydroxyl groups is 1. The highest BCUT2D eigenvalue weighted by molar-refractivity contribution is 6.31. The van der Waals surface area contributed by atoms with E-state index in [1.54, 1.807) is 12.1 Å². The molecule has 0 aromatic heterocycles. The van der Waals surface area contributed by atoms with Crippen molar-refractivity contribution in [1.29, 1.82) is 0 Å². The first kappa shape index (κ1) is 18.1. The second-order valence-electron chi connectivity index (χ2n) is 4.98. The van der Waals surface area contributed by atoms with Crippen molar-refractivity contribution in [2.75, 3.05) is 6.54 Å². The van der Waals surface area contributed by atoms with Gasteiger partial charge in [0, 0.05) is 16.3 Å². The number of benzene rings is 1. The molecule has 3 N–H and O–H groups in total. The lowest BCUT2D eigenvalue weighted by atomic mass is 10.0. The van der Waals surface area contributed by atoms with Gasteiger partial charge in [0.15, 0.2) is 0 Å². The van der Waals surface area contributed by atoms with Gasteiger partial charge in [-0.3, -0.25) is 4.99 Å². The summed E-state index contributed by atoms with van der Waals surface area (Å²) in [6.45, 7) is 6.32. The fourth-order valence-corrected chi connectivity index (χ4v) is 2.00. The van der Waals surface area contributed by atoms with E-state index in [0.717, 1.165) is 23.4 Å². The Morgan fingerprint density at radius 3 is 2.68 bits per heavy atom. The van der Waals surface area contributed by atoms with Gasteiger partial charge in [-0.1, -0.05) is 36.8 Å². The van der Waals surface area contributed by atoms with Gasteiger partial charge in [0.05, 0.1) is 12.3 Å². The average molecular weight is 319 g/mol. The van der Waals surface area contributed by atoms with Gasteiger partial charge in [0.2, 0.25) is 0 Å². The molecule has 0 heterocycles. The largest absolute Gasteiger partial charge is 0.507 e. The highest BCUT2D eigenvalue weighted by atomic mass is 35.5. The van der Waals surface area contributed by atoms with E-state index in [1.807, 2.05) is 32.1 Å². The lowest BCUT2D eigenvalue weighted by Gasteiger charge is -2.09. The first-order chi connectivity index (χ1) is 10.5. The Kier molecular flexibility index (Phi) is 7.47. The van der Waals surface area contributed by atoms with Gasteiger partial charge in [-0.25, -0.2) is 0 Å². The standard InChI is InChI=1S/C18H23ClN2O/c1-4-5-6-7-13(2)18(21-11-10-14(3)20)16-9-8-15(19)12-17(16)22/h5-10,12,22H,4,11,20H2,1-3H3/b6-5-,13-7+,14-10+,21-18?. The first-order valence-corrected chi connectivity index (χ1v) is 7.62. The van der Waals surface area contributed by atoms with Gasteiger partial charge >= 0.3 is 0 Å². The van der Waals surface area contributed by atoms with Crippen molar-refractivity contribution in [1.82, 2.24) is 0 Å². The minimum atomic E-state index is 0.118. The fourth-order valence-electron chi connectivity index (χ4n) is 1.84. The van der Waals surface area contributed by atoms with Gasteiger partial charge in [0.1, 0.15) is 5.75 Å². The van der Waals surface area contributed by atoms with Crippen LogP contribution in [0.2, 0.25) is 5.02 Å². The minimum absolute atomic E-state index is 0.118. The molecule has 1 rings (SSSR count). The zero-order chi connectivity index (χ0) is 16.5. The van der Waals surface area contributed by atoms with Crippen molar-refractivity contribution in [3.05, 3.63) is 64.4 Å². The smallest absolute Gasteiger partial charge is 0.126 e. The predicted molar refractivity (Wildman–Crippen MR) is 95.7 cm³/mol. The van der Waals surface area contributed by atoms with Gasteiger partial charge in [-0.15, -0.1) is 0 Å². The van der Waals surface area contributed by atoms with Crippen LogP contribution in [0.25, 0.3) is 0 Å². The van der Waals surface area contributed by atoms with Crippen LogP contribution in [0.1, 0.15) is 32.8 Å². The number of rotatable bonds is 6. The number of nitrogens with two attached hydrogens (primary N) is 1. The van der Waals surface area contributed by atoms with Crippen LogP contribution in [0.3, 0.4) is 0 Å². The molecule has 4 heteroatoms. The van der Waals surface area contributed by atoms with Crippen LogP contribution in [0.15, 0.2) is 58.8 Å². The highest BCUT2D eigenvalue weighted by Crippen LogP contribution is 2.25. The van der Waals surface area contributed by atoms with Gasteiger partial charge in [0.25, 0.3) is 0 Å². The van der Waals surface area contributed by atoms with Gasteiger partial charge in [-0.2, -0.15) is 0 Å². The van der Waals surface area contributed by atoms with Crippen LogP contribution in [-0.4, -0.2) is 17.4 Å². The third-order valence-corrected chi connectivity index (χ3v) is 3.20. The van der Waals surface area contributed by atoms with Crippen molar-refractivity contribution >= 4 is 17.3 Å². The molecule has 0 bridgehead atoms. The molecule has 3 nitrogen and oxygen atoms in total. The van der Waals surface area contributed by atoms with E-state index in [4.69, 9.17) is 17.3 Å². The number of hydrogen-bond donors (Lipinski definition) is 2. The molecular formula is C18H23ClN2O. The number of allylic oxidation sites excluding steroid dienone is 5. The van der Waals surface area contributed by atoms with E-state index in [0.29, 0.717) is 17.1 Å². The summed E-state index contributed by atoms with van der Waals surface area (Å²) >= 11 is 5.90. The molecule has 1 aromatic rings. The lowest BCUT2D eigenvalue weighted by molar-refractivity contribution is 0.474. The molecule has 0 aliphatic rings. The van der Waals surface area contributed by atoms with Crippen LogP contribution >= 0.6 is 11.6 Å². The Bertz CT molecular complexity index is 624. The fraction of sp³-hybridized carbons (Fsp3) is 0.278. The summed E-state index contributed by atoms with van der Waals surface area (Å²) in [5.74, 6) is 0.118. The van der Waals surface area contributed by atoms with Crippen molar-refractivity contribution in [3.63, 3.8) is 0 Å². The summed E-state index contributed by atoms with van der Waals surface area (Å²) in [5, 5.41) is 10.6. The molecule has 0 fully saturated rings. The van der Waals surface area contributed by atoms with Crippen LogP contribution in [0, 0.1) is 0 Å². The lowest BCUT2D eigenvalue weighted by Crippen LogP contribution is -2.05. The molecule has 118 valence electrons. The van der Waals surface area contributed by atoms with Crippen LogP contribution < -0.4 is 5.73 Å². The molecule has 0 atom stereocenters. The van der Waals surface area contributed by atoms with Crippen LogP contribution in [-0.2, 0) is 0 Å². The molecule has 0 saturated heterocycles. The number of phenolic OH excluding ortho intramolecular Hbond substituents is 1. The number of hydrogen-bond acceptors (Lipinski definition) is 3. The van der Waals surface area contributed by atoms with E-state index in [2.05, 4.69) is 18.0 Å². The summed E-state index contributed by atoms with van der Waals surface area (Å²) in [4.78, 5) is 4.56. The van der Waals surface area contributed by atoms with Crippen molar-refractivity contribution in [3.8, 4) is 5.75 Å². The van der Waals surface area contributed by atoms with Gasteiger partial charge in [-0.05, 0) is 50.1 Å². The SMILES string of the molecule is CC/C=C\C=C(/C)C(=NC/C=C(\C)N)c1ccc(Cl)cc1O. The van der Waals surface area contributed by atoms with E-state index < -0.39 is 0 Å². The van der Waals surface area contributed by atoms with E-state index in [9.17, 15) is 5.11 Å². The van der Waals surface area contributed by atoms with Crippen molar-refractivity contribution < 1.29 is 5.11 Å². The average Bonchev–Trinajstić information content (AvgIpc) is 2.44. The van der Waals surface area contributed by atoms with E-state index in [1.165, 1.54) is 6.07 Å². The summed E-state index contributed by atoms with van der Waals surface area (Å²) in [7, 11) is 0. The summed E-state index contributed by atoms with van der Waals surface area (Å²) in [6, 6.07) is 5.04. The molecule has 22 heavy (non-hydrogen) atoms. The molecule has 0 saturated carbocycles. The number of aliphatic imine (C=N–C) groups is 1. The molecule has 0 unspecified atom stereocenters. The summed E-state index contributed by atoms with van der Waals surface area (Å²) in [5.41, 5.74) is 8.71. The third kappa shape index (κ3) is 5.78. The molecule has 0 aliphatic heterocycles. The monoisotopic (exact) mass is 318 g/mol. The maximum absolute atomic E-state index is 10.1. The Morgan fingerprint density at radius 2 is 2.09 bits per heavy atom. The zero-order valence-electron chi connectivity index (χ0n) is 13.3. The Balaban J connectivity index is 3.24. The molecule has 0 aliphatic carbocycles. The maximum atomic E-state index is 10.1. The summed E-state index contributed by atoms with van der Waals surface area (Å²) < 4.78 is 0. The molecule has 0 radical (unpaired) electrons. The maximum Gasteiger partial charge on any atom is 0.126 e. The molecule has 1 aromatic carbocycles. The van der Waals surface area contributed by atoms with E-state index >= 15 is 0 Å². The molecule has 0 spiro atoms. The number of phenols is 1. The molecular weight excluding hydrogens is 296 g/mol. The molecule has 0 amide bonds. The quantitative estimate of drug-likeness (QED) is 0.594. The Labute approximate surface area is 137 Å². The van der Waals surface area contributed by atoms with Gasteiger partial charge < -0.3 is 10.8 Å². The number of halogens is 1. The van der Waals surface area contributed by atoms with Crippen LogP contribution in [0.4, 0.5) is 0 Å². The Hall–Kier alpha value is -2.00. The first-order valence-electron chi connectivity index (χ1n) is 7.25. The number of nitrogens with zero attached hydrogens (tertiary/aromatic N) is 1. The normalized spacial score (nSPS) is 13.9. The van der Waals surface area contributed by atoms with Crippen LogP contribution in [0.5, 0.6) is 5.75 Å². The zero-order valence-corrected chi connectivity index (χ0v) is 14.1. The second-order valence-corrected chi connectivity index (χ2v) is 5.42. The Morgan fingerprint density at radius 1 is 1.36 bits per heavy atom. The second kappa shape index (κ2) is 9.11.